The van der Waals surface area contributed by atoms with Crippen LogP contribution in [0.15, 0.2) is 64.8 Å². The van der Waals surface area contributed by atoms with E-state index in [1.807, 2.05) is 26.8 Å². The highest BCUT2D eigenvalue weighted by molar-refractivity contribution is 7.90. The summed E-state index contributed by atoms with van der Waals surface area (Å²) in [6, 6.07) is 12.1. The van der Waals surface area contributed by atoms with Gasteiger partial charge in [-0.25, -0.2) is 27.2 Å². The lowest BCUT2D eigenvalue weighted by molar-refractivity contribution is -0.126. The van der Waals surface area contributed by atoms with Crippen LogP contribution in [0.1, 0.15) is 37.8 Å². The minimum absolute atomic E-state index is 0.0313. The van der Waals surface area contributed by atoms with Crippen LogP contribution in [0.2, 0.25) is 5.02 Å². The Bertz CT molecular complexity index is 2090. The number of amides is 1. The normalized spacial score (nSPS) is 15.4. The molecule has 2 aromatic carbocycles. The van der Waals surface area contributed by atoms with Crippen LogP contribution in [0.25, 0.3) is 28.0 Å². The molecule has 1 aliphatic rings. The van der Waals surface area contributed by atoms with E-state index < -0.39 is 21.3 Å². The molecular weight excluding hydrogens is 619 g/mol. The van der Waals surface area contributed by atoms with E-state index in [4.69, 9.17) is 11.6 Å². The van der Waals surface area contributed by atoms with Crippen LogP contribution in [-0.4, -0.2) is 65.7 Å². The van der Waals surface area contributed by atoms with Crippen molar-refractivity contribution in [3.8, 4) is 23.0 Å². The Morgan fingerprint density at radius 1 is 1.20 bits per heavy atom. The van der Waals surface area contributed by atoms with Gasteiger partial charge >= 0.3 is 5.69 Å². The monoisotopic (exact) mass is 648 g/mol. The van der Waals surface area contributed by atoms with E-state index in [1.54, 1.807) is 28.0 Å². The largest absolute Gasteiger partial charge is 0.355 e. The average Bonchev–Trinajstić information content (AvgIpc) is 2.99. The van der Waals surface area contributed by atoms with Crippen LogP contribution in [0, 0.1) is 17.1 Å². The maximum Gasteiger partial charge on any atom is 0.355 e. The number of sulfone groups is 1. The molecule has 0 N–H and O–H groups in total. The van der Waals surface area contributed by atoms with E-state index in [0.717, 1.165) is 10.8 Å². The first-order valence-corrected chi connectivity index (χ1v) is 16.4. The van der Waals surface area contributed by atoms with Gasteiger partial charge < -0.3 is 9.80 Å². The van der Waals surface area contributed by atoms with Gasteiger partial charge in [0.15, 0.2) is 15.5 Å². The molecule has 1 atom stereocenters. The fourth-order valence-corrected chi connectivity index (χ4v) is 6.85. The van der Waals surface area contributed by atoms with E-state index in [-0.39, 0.29) is 73.7 Å². The molecule has 45 heavy (non-hydrogen) atoms. The summed E-state index contributed by atoms with van der Waals surface area (Å²) in [7, 11) is -3.88. The van der Waals surface area contributed by atoms with Gasteiger partial charge in [-0.05, 0) is 48.7 Å². The summed E-state index contributed by atoms with van der Waals surface area (Å²) in [6.45, 7) is 9.98. The maximum absolute atomic E-state index is 16.1. The van der Waals surface area contributed by atoms with Crippen LogP contribution in [-0.2, 0) is 14.6 Å². The molecule has 1 aliphatic heterocycles. The van der Waals surface area contributed by atoms with E-state index in [1.165, 1.54) is 30.3 Å². The molecule has 5 rings (SSSR count). The van der Waals surface area contributed by atoms with Crippen molar-refractivity contribution >= 4 is 44.2 Å². The van der Waals surface area contributed by atoms with Crippen LogP contribution in [0.5, 0.6) is 0 Å². The second kappa shape index (κ2) is 12.1. The van der Waals surface area contributed by atoms with E-state index in [9.17, 15) is 23.3 Å². The van der Waals surface area contributed by atoms with Crippen LogP contribution >= 0.6 is 11.6 Å². The molecule has 1 fully saturated rings. The fraction of sp³-hybridized carbons (Fsp3) is 0.281. The summed E-state index contributed by atoms with van der Waals surface area (Å²) < 4.78 is 43.4. The van der Waals surface area contributed by atoms with Gasteiger partial charge in [-0.15, -0.1) is 0 Å². The second-order valence-corrected chi connectivity index (χ2v) is 13.6. The molecule has 10 nitrogen and oxygen atoms in total. The first kappa shape index (κ1) is 31.8. The molecule has 232 valence electrons. The molecule has 4 aromatic rings. The van der Waals surface area contributed by atoms with E-state index in [0.29, 0.717) is 18.7 Å². The number of hydrogen-bond donors (Lipinski definition) is 0. The summed E-state index contributed by atoms with van der Waals surface area (Å²) in [6.07, 6.45) is 2.27. The van der Waals surface area contributed by atoms with E-state index >= 15 is 4.39 Å². The molecule has 1 saturated heterocycles. The van der Waals surface area contributed by atoms with Crippen LogP contribution < -0.4 is 10.6 Å². The highest BCUT2D eigenvalue weighted by Crippen LogP contribution is 2.37. The zero-order chi connectivity index (χ0) is 32.8. The first-order valence-electron chi connectivity index (χ1n) is 14.1. The third-order valence-corrected chi connectivity index (χ3v) is 9.28. The summed E-state index contributed by atoms with van der Waals surface area (Å²) in [5, 5.41) is 10.0. The summed E-state index contributed by atoms with van der Waals surface area (Å²) >= 11 is 6.46. The lowest BCUT2D eigenvalue weighted by Crippen LogP contribution is -2.54. The predicted molar refractivity (Wildman–Crippen MR) is 171 cm³/mol. The molecule has 13 heteroatoms. The third-order valence-electron chi connectivity index (χ3n) is 7.83. The number of nitriles is 1. The standard InChI is InChI=1S/C32H30ClFN6O4S/c1-6-26(41)38-13-14-39(19(4)17-38)30-22-15-24(34)28(27-20(16-35)9-7-11-23(27)33)36-31(22)40(32(42)37-30)29-21(18(2)3)10-8-12-25(29)45(5,43)44/h6-12,15,18-19H,1,13-14,17H2,2-5H3/t19-/m0/s1. The van der Waals surface area contributed by atoms with Crippen molar-refractivity contribution in [2.24, 2.45) is 0 Å². The van der Waals surface area contributed by atoms with Gasteiger partial charge in [-0.3, -0.25) is 4.79 Å². The molecule has 2 aromatic heterocycles. The SMILES string of the molecule is C=CC(=O)N1CCN(c2nc(=O)n(-c3c(C(C)C)cccc3S(C)(=O)=O)c3nc(-c4c(Cl)cccc4C#N)c(F)cc23)[C@@H](C)C1. The predicted octanol–water partition coefficient (Wildman–Crippen LogP) is 4.86. The van der Waals surface area contributed by atoms with Gasteiger partial charge in [-0.2, -0.15) is 10.2 Å². The third kappa shape index (κ3) is 5.69. The summed E-state index contributed by atoms with van der Waals surface area (Å²) in [5.74, 6) is -1.16. The van der Waals surface area contributed by atoms with Crippen molar-refractivity contribution in [1.29, 1.82) is 5.26 Å². The molecule has 3 heterocycles. The zero-order valence-corrected chi connectivity index (χ0v) is 26.7. The summed E-state index contributed by atoms with van der Waals surface area (Å²) in [5.41, 5.74) is -0.507. The number of aromatic nitrogens is 3. The van der Waals surface area contributed by atoms with Crippen molar-refractivity contribution in [3.63, 3.8) is 0 Å². The van der Waals surface area contributed by atoms with Crippen molar-refractivity contribution in [2.45, 2.75) is 37.6 Å². The number of fused-ring (bicyclic) bond motifs is 1. The number of carbonyl (C=O) groups excluding carboxylic acids is 1. The van der Waals surface area contributed by atoms with Gasteiger partial charge in [-0.1, -0.05) is 50.2 Å². The van der Waals surface area contributed by atoms with E-state index in [2.05, 4.69) is 16.5 Å². The van der Waals surface area contributed by atoms with Gasteiger partial charge in [0.2, 0.25) is 5.91 Å². The van der Waals surface area contributed by atoms with Crippen molar-refractivity contribution in [1.82, 2.24) is 19.4 Å². The second-order valence-electron chi connectivity index (χ2n) is 11.2. The quantitative estimate of drug-likeness (QED) is 0.271. The minimum Gasteiger partial charge on any atom is -0.350 e. The maximum atomic E-state index is 16.1. The molecule has 0 saturated carbocycles. The van der Waals surface area contributed by atoms with Gasteiger partial charge in [0.05, 0.1) is 32.6 Å². The Hall–Kier alpha value is -4.60. The molecule has 0 spiro atoms. The smallest absolute Gasteiger partial charge is 0.350 e. The van der Waals surface area contributed by atoms with Crippen molar-refractivity contribution < 1.29 is 17.6 Å². The summed E-state index contributed by atoms with van der Waals surface area (Å²) in [4.78, 5) is 38.7. The van der Waals surface area contributed by atoms with Crippen LogP contribution in [0.3, 0.4) is 0 Å². The number of benzene rings is 2. The Morgan fingerprint density at radius 2 is 1.91 bits per heavy atom. The average molecular weight is 649 g/mol. The van der Waals surface area contributed by atoms with Gasteiger partial charge in [0.25, 0.3) is 0 Å². The molecule has 1 amide bonds. The molecule has 0 radical (unpaired) electrons. The first-order chi connectivity index (χ1) is 21.3. The number of carbonyl (C=O) groups is 1. The zero-order valence-electron chi connectivity index (χ0n) is 25.1. The topological polar surface area (TPSA) is 129 Å². The van der Waals surface area contributed by atoms with Crippen molar-refractivity contribution in [3.05, 3.63) is 87.6 Å². The lowest BCUT2D eigenvalue weighted by atomic mass is 10.0. The molecule has 0 bridgehead atoms. The number of piperazine rings is 1. The Morgan fingerprint density at radius 3 is 2.53 bits per heavy atom. The van der Waals surface area contributed by atoms with Crippen molar-refractivity contribution in [2.75, 3.05) is 30.8 Å². The number of anilines is 1. The number of pyridine rings is 1. The molecule has 0 unspecified atom stereocenters. The fourth-order valence-electron chi connectivity index (χ4n) is 5.70. The molecule has 0 aliphatic carbocycles. The van der Waals surface area contributed by atoms with Gasteiger partial charge in [0, 0.05) is 37.5 Å². The van der Waals surface area contributed by atoms with Gasteiger partial charge in [0.1, 0.15) is 17.3 Å². The number of hydrogen-bond acceptors (Lipinski definition) is 8. The number of halogens is 2. The Balaban J connectivity index is 1.91. The minimum atomic E-state index is -3.88. The molecular formula is C32H30ClFN6O4S. The highest BCUT2D eigenvalue weighted by Gasteiger charge is 2.31. The Kier molecular flexibility index (Phi) is 8.53. The number of nitrogens with zero attached hydrogens (tertiary/aromatic N) is 6. The Labute approximate surface area is 264 Å². The lowest BCUT2D eigenvalue weighted by Gasteiger charge is -2.40. The number of para-hydroxylation sites is 1. The van der Waals surface area contributed by atoms with Crippen LogP contribution in [0.4, 0.5) is 10.2 Å². The highest BCUT2D eigenvalue weighted by atomic mass is 35.5. The number of rotatable bonds is 6.